The number of amides is 1. The largest absolute Gasteiger partial charge is 0.478 e. The molecule has 1 heterocycles. The molecule has 6 nitrogen and oxygen atoms in total. The second-order valence-corrected chi connectivity index (χ2v) is 7.97. The number of carbonyl (C=O) groups excluding carboxylic acids is 1. The summed E-state index contributed by atoms with van der Waals surface area (Å²) in [5.41, 5.74) is 3.11. The van der Waals surface area contributed by atoms with E-state index >= 15 is 0 Å². The van der Waals surface area contributed by atoms with Gasteiger partial charge in [-0.25, -0.2) is 9.59 Å². The molecule has 0 aliphatic carbocycles. The van der Waals surface area contributed by atoms with Crippen LogP contribution in [0, 0.1) is 6.92 Å². The molecule has 0 aromatic heterocycles. The van der Waals surface area contributed by atoms with Crippen LogP contribution < -0.4 is 0 Å². The molecule has 2 atom stereocenters. The van der Waals surface area contributed by atoms with Crippen molar-refractivity contribution < 1.29 is 32.6 Å². The van der Waals surface area contributed by atoms with Crippen molar-refractivity contribution in [3.05, 3.63) is 70.2 Å². The normalized spacial score (nSPS) is 17.0. The van der Waals surface area contributed by atoms with Gasteiger partial charge in [-0.15, -0.1) is 0 Å². The van der Waals surface area contributed by atoms with Crippen molar-refractivity contribution in [2.24, 2.45) is 0 Å². The first-order valence-electron chi connectivity index (χ1n) is 9.87. The Morgan fingerprint density at radius 1 is 0.969 bits per heavy atom. The van der Waals surface area contributed by atoms with Crippen LogP contribution in [0.15, 0.2) is 48.5 Å². The predicted octanol–water partition coefficient (Wildman–Crippen LogP) is 4.51. The molecule has 1 N–H and O–H groups in total. The van der Waals surface area contributed by atoms with Crippen LogP contribution in [0.3, 0.4) is 0 Å². The first kappa shape index (κ1) is 23.9. The molecule has 1 fully saturated rings. The van der Waals surface area contributed by atoms with E-state index in [0.29, 0.717) is 18.1 Å². The number of alkyl halides is 3. The fourth-order valence-corrected chi connectivity index (χ4v) is 3.73. The topological polar surface area (TPSA) is 70.1 Å². The number of carbonyl (C=O) groups is 2. The van der Waals surface area contributed by atoms with E-state index in [1.54, 1.807) is 12.1 Å². The molecule has 0 bridgehead atoms. The lowest BCUT2D eigenvalue weighted by Crippen LogP contribution is -2.52. The number of carboxylic acid groups (broad SMARTS) is 1. The molecule has 1 aliphatic rings. The Hall–Kier alpha value is -2.78. The van der Waals surface area contributed by atoms with Crippen LogP contribution in [0.5, 0.6) is 0 Å². The number of hydrogen-bond donors (Lipinski definition) is 1. The Labute approximate surface area is 188 Å². The number of nitrogens with zero attached hydrogens (tertiary/aromatic N) is 2. The molecule has 10 heteroatoms. The van der Waals surface area contributed by atoms with Crippen LogP contribution in [0.25, 0.3) is 0 Å². The number of aliphatic carboxylic acids is 1. The number of aryl methyl sites for hydroxylation is 1. The number of benzene rings is 2. The highest BCUT2D eigenvalue weighted by molar-refractivity contribution is 6.30. The molecule has 3 rings (SSSR count). The summed E-state index contributed by atoms with van der Waals surface area (Å²) in [7, 11) is 0. The van der Waals surface area contributed by atoms with Crippen molar-refractivity contribution in [1.82, 2.24) is 9.80 Å². The molecule has 2 aromatic rings. The summed E-state index contributed by atoms with van der Waals surface area (Å²) in [5, 5.41) is 9.33. The number of ether oxygens (including phenoxy) is 1. The SMILES string of the molecule is Cc1ccc(C(c2ccc(Cl)cc2)N2CCN(C(=O)OC(C(=O)O)C(F)(F)F)CC2)cc1. The molecule has 2 aromatic carbocycles. The van der Waals surface area contributed by atoms with Crippen molar-refractivity contribution in [2.75, 3.05) is 26.2 Å². The van der Waals surface area contributed by atoms with Gasteiger partial charge in [-0.3, -0.25) is 4.90 Å². The fourth-order valence-electron chi connectivity index (χ4n) is 3.60. The van der Waals surface area contributed by atoms with Crippen molar-refractivity contribution >= 4 is 23.7 Å². The van der Waals surface area contributed by atoms with Crippen LogP contribution >= 0.6 is 11.6 Å². The maximum absolute atomic E-state index is 12.8. The van der Waals surface area contributed by atoms with Gasteiger partial charge < -0.3 is 14.7 Å². The number of carboxylic acids is 1. The van der Waals surface area contributed by atoms with Crippen LogP contribution in [-0.2, 0) is 9.53 Å². The lowest BCUT2D eigenvalue weighted by Gasteiger charge is -2.39. The van der Waals surface area contributed by atoms with E-state index in [0.717, 1.165) is 21.6 Å². The molecule has 172 valence electrons. The highest BCUT2D eigenvalue weighted by Crippen LogP contribution is 2.31. The monoisotopic (exact) mass is 470 g/mol. The maximum atomic E-state index is 12.8. The number of piperazine rings is 1. The minimum Gasteiger partial charge on any atom is -0.478 e. The average molecular weight is 471 g/mol. The molecule has 1 aliphatic heterocycles. The van der Waals surface area contributed by atoms with E-state index in [2.05, 4.69) is 9.64 Å². The molecule has 1 saturated heterocycles. The van der Waals surface area contributed by atoms with Crippen molar-refractivity contribution in [3.63, 3.8) is 0 Å². The number of hydrogen-bond acceptors (Lipinski definition) is 4. The highest BCUT2D eigenvalue weighted by Gasteiger charge is 2.49. The highest BCUT2D eigenvalue weighted by atomic mass is 35.5. The lowest BCUT2D eigenvalue weighted by atomic mass is 9.95. The van der Waals surface area contributed by atoms with Crippen molar-refractivity contribution in [1.29, 1.82) is 0 Å². The number of rotatable bonds is 5. The second kappa shape index (κ2) is 9.79. The van der Waals surface area contributed by atoms with E-state index in [-0.39, 0.29) is 19.1 Å². The van der Waals surface area contributed by atoms with Crippen molar-refractivity contribution in [2.45, 2.75) is 25.2 Å². The smallest absolute Gasteiger partial charge is 0.436 e. The Balaban J connectivity index is 1.74. The van der Waals surface area contributed by atoms with E-state index in [1.165, 1.54) is 0 Å². The maximum Gasteiger partial charge on any atom is 0.436 e. The van der Waals surface area contributed by atoms with Gasteiger partial charge in [0.1, 0.15) is 0 Å². The minimum atomic E-state index is -5.19. The first-order chi connectivity index (χ1) is 15.1. The summed E-state index contributed by atoms with van der Waals surface area (Å²) in [4.78, 5) is 26.2. The third kappa shape index (κ3) is 5.72. The van der Waals surface area contributed by atoms with E-state index < -0.39 is 24.3 Å². The molecule has 0 spiro atoms. The van der Waals surface area contributed by atoms with Crippen molar-refractivity contribution in [3.8, 4) is 0 Å². The van der Waals surface area contributed by atoms with Gasteiger partial charge in [0, 0.05) is 31.2 Å². The number of halogens is 4. The summed E-state index contributed by atoms with van der Waals surface area (Å²) in [6.45, 7) is 2.90. The van der Waals surface area contributed by atoms with Gasteiger partial charge in [0.05, 0.1) is 6.04 Å². The average Bonchev–Trinajstić information content (AvgIpc) is 2.74. The van der Waals surface area contributed by atoms with Crippen LogP contribution in [-0.4, -0.2) is 65.4 Å². The molecular weight excluding hydrogens is 449 g/mol. The Kier molecular flexibility index (Phi) is 7.30. The minimum absolute atomic E-state index is 0.0962. The van der Waals surface area contributed by atoms with Gasteiger partial charge in [-0.1, -0.05) is 53.6 Å². The standard InChI is InChI=1S/C22H22ClF3N2O4/c1-14-2-4-15(5-3-14)18(16-6-8-17(23)9-7-16)27-10-12-28(13-11-27)21(31)32-19(20(29)30)22(24,25)26/h2-9,18-19H,10-13H2,1H3,(H,29,30). The summed E-state index contributed by atoms with van der Waals surface area (Å²) < 4.78 is 42.6. The van der Waals surface area contributed by atoms with Gasteiger partial charge in [0.2, 0.25) is 0 Å². The quantitative estimate of drug-likeness (QED) is 0.696. The van der Waals surface area contributed by atoms with Crippen LogP contribution in [0.2, 0.25) is 5.02 Å². The molecule has 0 radical (unpaired) electrons. The molecule has 2 unspecified atom stereocenters. The molecular formula is C22H22ClF3N2O4. The zero-order valence-electron chi connectivity index (χ0n) is 17.2. The first-order valence-corrected chi connectivity index (χ1v) is 10.2. The zero-order valence-corrected chi connectivity index (χ0v) is 17.9. The summed E-state index contributed by atoms with van der Waals surface area (Å²) in [6.07, 6.45) is -9.68. The molecule has 32 heavy (non-hydrogen) atoms. The van der Waals surface area contributed by atoms with Gasteiger partial charge in [0.15, 0.2) is 0 Å². The zero-order chi connectivity index (χ0) is 23.5. The summed E-state index contributed by atoms with van der Waals surface area (Å²) >= 11 is 6.03. The van der Waals surface area contributed by atoms with E-state index in [1.807, 2.05) is 43.3 Å². The van der Waals surface area contributed by atoms with Crippen LogP contribution in [0.4, 0.5) is 18.0 Å². The Bertz CT molecular complexity index is 898. The lowest BCUT2D eigenvalue weighted by molar-refractivity contribution is -0.216. The Morgan fingerprint density at radius 3 is 1.94 bits per heavy atom. The van der Waals surface area contributed by atoms with Crippen LogP contribution in [0.1, 0.15) is 22.7 Å². The van der Waals surface area contributed by atoms with E-state index in [9.17, 15) is 22.8 Å². The molecule has 1 amide bonds. The van der Waals surface area contributed by atoms with Gasteiger partial charge in [0.25, 0.3) is 6.10 Å². The summed E-state index contributed by atoms with van der Waals surface area (Å²) in [6, 6.07) is 15.3. The second-order valence-electron chi connectivity index (χ2n) is 7.53. The molecule has 0 saturated carbocycles. The fraction of sp³-hybridized carbons (Fsp3) is 0.364. The predicted molar refractivity (Wildman–Crippen MR) is 112 cm³/mol. The van der Waals surface area contributed by atoms with Gasteiger partial charge in [-0.05, 0) is 30.2 Å². The summed E-state index contributed by atoms with van der Waals surface area (Å²) in [5.74, 6) is -2.26. The third-order valence-electron chi connectivity index (χ3n) is 5.26. The van der Waals surface area contributed by atoms with Gasteiger partial charge in [-0.2, -0.15) is 13.2 Å². The van der Waals surface area contributed by atoms with E-state index in [4.69, 9.17) is 16.7 Å². The Morgan fingerprint density at radius 2 is 1.47 bits per heavy atom. The third-order valence-corrected chi connectivity index (χ3v) is 5.51. The van der Waals surface area contributed by atoms with Gasteiger partial charge >= 0.3 is 18.2 Å².